The number of carbonyl (C=O) groups is 1. The lowest BCUT2D eigenvalue weighted by atomic mass is 10.0. The van der Waals surface area contributed by atoms with Gasteiger partial charge in [-0.2, -0.15) is 0 Å². The minimum atomic E-state index is -0.338. The Labute approximate surface area is 144 Å². The maximum absolute atomic E-state index is 13.1. The van der Waals surface area contributed by atoms with E-state index in [9.17, 15) is 9.18 Å². The van der Waals surface area contributed by atoms with Crippen molar-refractivity contribution in [1.82, 2.24) is 15.0 Å². The number of nitrogens with zero attached hydrogens (tertiary/aromatic N) is 3. The van der Waals surface area contributed by atoms with E-state index in [-0.39, 0.29) is 17.6 Å². The van der Waals surface area contributed by atoms with Gasteiger partial charge in [0.05, 0.1) is 6.20 Å². The summed E-state index contributed by atoms with van der Waals surface area (Å²) in [6, 6.07) is 9.77. The molecule has 0 bridgehead atoms. The Morgan fingerprint density at radius 2 is 2.04 bits per heavy atom. The van der Waals surface area contributed by atoms with Gasteiger partial charge in [0.2, 0.25) is 0 Å². The van der Waals surface area contributed by atoms with Gasteiger partial charge in [-0.05, 0) is 42.3 Å². The maximum atomic E-state index is 13.1. The number of benzene rings is 1. The second-order valence-corrected chi connectivity index (χ2v) is 6.10. The van der Waals surface area contributed by atoms with Crippen molar-refractivity contribution in [2.24, 2.45) is 0 Å². The third-order valence-corrected chi connectivity index (χ3v) is 4.54. The minimum Gasteiger partial charge on any atom is -0.355 e. The third-order valence-electron chi connectivity index (χ3n) is 4.54. The van der Waals surface area contributed by atoms with Crippen molar-refractivity contribution in [2.75, 3.05) is 13.1 Å². The van der Waals surface area contributed by atoms with Crippen molar-refractivity contribution in [3.8, 4) is 11.3 Å². The Bertz CT molecular complexity index is 877. The lowest BCUT2D eigenvalue weighted by Crippen LogP contribution is -2.28. The van der Waals surface area contributed by atoms with Crippen LogP contribution in [0.1, 0.15) is 28.3 Å². The quantitative estimate of drug-likeness (QED) is 0.734. The predicted octanol–water partition coefficient (Wildman–Crippen LogP) is 3.51. The fraction of sp³-hybridized carbons (Fsp3) is 0.211. The number of likely N-dealkylation sites (tertiary alicyclic amines) is 1. The number of rotatable bonds is 3. The van der Waals surface area contributed by atoms with E-state index in [0.29, 0.717) is 30.0 Å². The van der Waals surface area contributed by atoms with Gasteiger partial charge in [0.1, 0.15) is 11.4 Å². The van der Waals surface area contributed by atoms with E-state index in [1.165, 1.54) is 18.3 Å². The van der Waals surface area contributed by atoms with Crippen LogP contribution in [0.2, 0.25) is 0 Å². The summed E-state index contributed by atoms with van der Waals surface area (Å²) in [5.74, 6) is 0.198. The third kappa shape index (κ3) is 3.03. The fourth-order valence-corrected chi connectivity index (χ4v) is 3.21. The van der Waals surface area contributed by atoms with E-state index in [2.05, 4.69) is 10.1 Å². The summed E-state index contributed by atoms with van der Waals surface area (Å²) in [6.45, 7) is 1.31. The van der Waals surface area contributed by atoms with Crippen LogP contribution >= 0.6 is 0 Å². The van der Waals surface area contributed by atoms with E-state index >= 15 is 0 Å². The van der Waals surface area contributed by atoms with Gasteiger partial charge in [-0.1, -0.05) is 11.2 Å². The molecule has 25 heavy (non-hydrogen) atoms. The predicted molar refractivity (Wildman–Crippen MR) is 89.4 cm³/mol. The van der Waals surface area contributed by atoms with E-state index in [1.807, 2.05) is 18.3 Å². The van der Waals surface area contributed by atoms with E-state index in [1.54, 1.807) is 23.2 Å². The van der Waals surface area contributed by atoms with Crippen molar-refractivity contribution in [1.29, 1.82) is 0 Å². The first-order chi connectivity index (χ1) is 12.2. The van der Waals surface area contributed by atoms with Gasteiger partial charge in [-0.15, -0.1) is 0 Å². The van der Waals surface area contributed by atoms with Crippen molar-refractivity contribution in [3.05, 3.63) is 71.9 Å². The normalized spacial score (nSPS) is 17.0. The topological polar surface area (TPSA) is 59.2 Å². The van der Waals surface area contributed by atoms with Gasteiger partial charge in [0.25, 0.3) is 5.91 Å². The Kier molecular flexibility index (Phi) is 4.01. The number of pyridine rings is 1. The summed E-state index contributed by atoms with van der Waals surface area (Å²) in [7, 11) is 0. The van der Waals surface area contributed by atoms with Crippen molar-refractivity contribution < 1.29 is 13.7 Å². The van der Waals surface area contributed by atoms with Gasteiger partial charge in [0.15, 0.2) is 5.76 Å². The average molecular weight is 337 g/mol. The SMILES string of the molecule is O=C(c1cnoc1-c1ccc(F)cc1)N1CCC(c2cccnc2)C1. The Hall–Kier alpha value is -3.02. The van der Waals surface area contributed by atoms with Crippen molar-refractivity contribution in [3.63, 3.8) is 0 Å². The monoisotopic (exact) mass is 337 g/mol. The molecule has 1 fully saturated rings. The molecule has 1 aromatic carbocycles. The molecule has 2 aromatic heterocycles. The van der Waals surface area contributed by atoms with Crippen LogP contribution in [0.25, 0.3) is 11.3 Å². The van der Waals surface area contributed by atoms with Gasteiger partial charge in [-0.25, -0.2) is 4.39 Å². The summed E-state index contributed by atoms with van der Waals surface area (Å²) in [5.41, 5.74) is 2.17. The summed E-state index contributed by atoms with van der Waals surface area (Å²) in [4.78, 5) is 18.8. The molecule has 1 aliphatic rings. The Balaban J connectivity index is 1.55. The number of amides is 1. The number of aromatic nitrogens is 2. The van der Waals surface area contributed by atoms with E-state index < -0.39 is 0 Å². The summed E-state index contributed by atoms with van der Waals surface area (Å²) in [6.07, 6.45) is 5.92. The van der Waals surface area contributed by atoms with Crippen LogP contribution < -0.4 is 0 Å². The molecule has 1 saturated heterocycles. The van der Waals surface area contributed by atoms with Crippen LogP contribution in [0, 0.1) is 5.82 Å². The van der Waals surface area contributed by atoms with Crippen LogP contribution in [0.15, 0.2) is 59.5 Å². The standard InChI is InChI=1S/C19H16FN3O2/c20-16-5-3-13(4-6-16)18-17(11-22-25-18)19(24)23-9-7-15(12-23)14-2-1-8-21-10-14/h1-6,8,10-11,15H,7,9,12H2. The first-order valence-electron chi connectivity index (χ1n) is 8.12. The lowest BCUT2D eigenvalue weighted by Gasteiger charge is -2.16. The highest BCUT2D eigenvalue weighted by atomic mass is 19.1. The van der Waals surface area contributed by atoms with Gasteiger partial charge in [0, 0.05) is 37.0 Å². The number of carbonyl (C=O) groups excluding carboxylic acids is 1. The molecule has 126 valence electrons. The first-order valence-corrected chi connectivity index (χ1v) is 8.12. The van der Waals surface area contributed by atoms with Crippen molar-refractivity contribution >= 4 is 5.91 Å². The van der Waals surface area contributed by atoms with Gasteiger partial charge < -0.3 is 9.42 Å². The molecule has 3 aromatic rings. The molecule has 5 nitrogen and oxygen atoms in total. The zero-order chi connectivity index (χ0) is 17.2. The molecule has 0 aliphatic carbocycles. The molecule has 1 aliphatic heterocycles. The summed E-state index contributed by atoms with van der Waals surface area (Å²) >= 11 is 0. The fourth-order valence-electron chi connectivity index (χ4n) is 3.21. The highest BCUT2D eigenvalue weighted by Crippen LogP contribution is 2.30. The zero-order valence-electron chi connectivity index (χ0n) is 13.4. The molecule has 0 spiro atoms. The molecule has 1 atom stereocenters. The van der Waals surface area contributed by atoms with Crippen LogP contribution in [-0.2, 0) is 0 Å². The summed E-state index contributed by atoms with van der Waals surface area (Å²) in [5, 5.41) is 3.76. The highest BCUT2D eigenvalue weighted by molar-refractivity contribution is 5.99. The molecular weight excluding hydrogens is 321 g/mol. The van der Waals surface area contributed by atoms with Gasteiger partial charge >= 0.3 is 0 Å². The van der Waals surface area contributed by atoms with Crippen LogP contribution in [0.5, 0.6) is 0 Å². The molecular formula is C19H16FN3O2. The molecule has 6 heteroatoms. The molecule has 0 N–H and O–H groups in total. The number of hydrogen-bond acceptors (Lipinski definition) is 4. The highest BCUT2D eigenvalue weighted by Gasteiger charge is 2.30. The average Bonchev–Trinajstić information content (AvgIpc) is 3.32. The Morgan fingerprint density at radius 3 is 2.80 bits per heavy atom. The molecule has 4 rings (SSSR count). The summed E-state index contributed by atoms with van der Waals surface area (Å²) < 4.78 is 18.4. The lowest BCUT2D eigenvalue weighted by molar-refractivity contribution is 0.0791. The van der Waals surface area contributed by atoms with Crippen LogP contribution in [0.4, 0.5) is 4.39 Å². The smallest absolute Gasteiger partial charge is 0.259 e. The largest absolute Gasteiger partial charge is 0.355 e. The molecule has 1 unspecified atom stereocenters. The minimum absolute atomic E-state index is 0.119. The van der Waals surface area contributed by atoms with Crippen LogP contribution in [0.3, 0.4) is 0 Å². The molecule has 0 saturated carbocycles. The molecule has 1 amide bonds. The van der Waals surface area contributed by atoms with E-state index in [4.69, 9.17) is 4.52 Å². The van der Waals surface area contributed by atoms with E-state index in [0.717, 1.165) is 12.0 Å². The first kappa shape index (κ1) is 15.5. The number of halogens is 1. The zero-order valence-corrected chi connectivity index (χ0v) is 13.4. The number of hydrogen-bond donors (Lipinski definition) is 0. The molecule has 3 heterocycles. The second kappa shape index (κ2) is 6.47. The van der Waals surface area contributed by atoms with Crippen LogP contribution in [-0.4, -0.2) is 34.0 Å². The van der Waals surface area contributed by atoms with Gasteiger partial charge in [-0.3, -0.25) is 9.78 Å². The maximum Gasteiger partial charge on any atom is 0.259 e. The second-order valence-electron chi connectivity index (χ2n) is 6.10. The molecule has 0 radical (unpaired) electrons. The van der Waals surface area contributed by atoms with Crippen molar-refractivity contribution in [2.45, 2.75) is 12.3 Å². The Morgan fingerprint density at radius 1 is 1.20 bits per heavy atom.